The van der Waals surface area contributed by atoms with Crippen molar-refractivity contribution >= 4 is 9.76 Å². The van der Waals surface area contributed by atoms with Crippen LogP contribution in [0.25, 0.3) is 0 Å². The fraction of sp³-hybridized carbons (Fsp3) is 0.846. The summed E-state index contributed by atoms with van der Waals surface area (Å²) in [5, 5.41) is 0. The molecule has 4 heteroatoms. The van der Waals surface area contributed by atoms with Gasteiger partial charge in [0.25, 0.3) is 0 Å². The minimum atomic E-state index is -0.345. The average Bonchev–Trinajstić information content (AvgIpc) is 2.99. The number of hydrogen-bond acceptors (Lipinski definition) is 3. The fourth-order valence-corrected chi connectivity index (χ4v) is 2.90. The molecule has 1 fully saturated rings. The van der Waals surface area contributed by atoms with Gasteiger partial charge < -0.3 is 9.16 Å². The van der Waals surface area contributed by atoms with Gasteiger partial charge in [-0.2, -0.15) is 0 Å². The van der Waals surface area contributed by atoms with Gasteiger partial charge in [0.1, 0.15) is 0 Å². The van der Waals surface area contributed by atoms with Gasteiger partial charge in [0.2, 0.25) is 0 Å². The molecule has 0 amide bonds. The molecule has 1 unspecified atom stereocenters. The number of ether oxygens (including phenoxy) is 1. The average molecular weight is 257 g/mol. The maximum Gasteiger partial charge on any atom is 0.162 e. The van der Waals surface area contributed by atoms with Crippen molar-refractivity contribution < 1.29 is 9.16 Å². The Kier molecular flexibility index (Phi) is 6.41. The van der Waals surface area contributed by atoms with E-state index in [2.05, 4.69) is 32.3 Å². The van der Waals surface area contributed by atoms with Crippen molar-refractivity contribution in [3.8, 4) is 0 Å². The van der Waals surface area contributed by atoms with Gasteiger partial charge in [-0.05, 0) is 39.8 Å². The van der Waals surface area contributed by atoms with Gasteiger partial charge in [-0.3, -0.25) is 4.90 Å². The normalized spacial score (nSPS) is 20.4. The van der Waals surface area contributed by atoms with Gasteiger partial charge in [0.15, 0.2) is 9.76 Å². The molecule has 0 saturated carbocycles. The molecule has 1 aliphatic heterocycles. The third kappa shape index (κ3) is 8.55. The molecule has 0 bridgehead atoms. The highest BCUT2D eigenvalue weighted by Crippen LogP contribution is 2.12. The Hall–Kier alpha value is -0.163. The highest BCUT2D eigenvalue weighted by molar-refractivity contribution is 6.27. The van der Waals surface area contributed by atoms with Gasteiger partial charge in [0, 0.05) is 18.7 Å². The minimum Gasteiger partial charge on any atom is -0.419 e. The van der Waals surface area contributed by atoms with E-state index in [9.17, 15) is 0 Å². The van der Waals surface area contributed by atoms with Gasteiger partial charge >= 0.3 is 0 Å². The lowest BCUT2D eigenvalue weighted by Crippen LogP contribution is -2.29. The first kappa shape index (κ1) is 14.9. The Morgan fingerprint density at radius 3 is 2.76 bits per heavy atom. The van der Waals surface area contributed by atoms with Crippen LogP contribution in [0.2, 0.25) is 6.04 Å². The monoisotopic (exact) mass is 257 g/mol. The molecule has 3 nitrogen and oxygen atoms in total. The summed E-state index contributed by atoms with van der Waals surface area (Å²) in [4.78, 5) is 2.43. The standard InChI is InChI=1S/C13H27NO2Si/c1-5-7-14(10-12-11-15-12)8-6-9-17-16-13(2,3)4/h5,12H,1,6-11,17H2,2-4H3. The highest BCUT2D eigenvalue weighted by atomic mass is 28.2. The molecule has 0 N–H and O–H groups in total. The van der Waals surface area contributed by atoms with E-state index in [1.54, 1.807) is 0 Å². The molecule has 0 aromatic heterocycles. The second-order valence-corrected chi connectivity index (χ2v) is 7.08. The minimum absolute atomic E-state index is 0.0505. The first-order valence-corrected chi connectivity index (χ1v) is 8.18. The zero-order chi connectivity index (χ0) is 12.7. The number of hydrogen-bond donors (Lipinski definition) is 0. The molecule has 1 rings (SSSR count). The molecule has 0 spiro atoms. The van der Waals surface area contributed by atoms with E-state index in [1.807, 2.05) is 6.08 Å². The van der Waals surface area contributed by atoms with Crippen molar-refractivity contribution in [2.75, 3.05) is 26.2 Å². The number of rotatable bonds is 9. The van der Waals surface area contributed by atoms with Crippen molar-refractivity contribution in [2.24, 2.45) is 0 Å². The fourth-order valence-electron chi connectivity index (χ4n) is 1.72. The predicted octanol–water partition coefficient (Wildman–Crippen LogP) is 1.58. The van der Waals surface area contributed by atoms with E-state index < -0.39 is 0 Å². The highest BCUT2D eigenvalue weighted by Gasteiger charge is 2.24. The van der Waals surface area contributed by atoms with Crippen LogP contribution in [0.15, 0.2) is 12.7 Å². The molecular weight excluding hydrogens is 230 g/mol. The Labute approximate surface area is 108 Å². The third-order valence-electron chi connectivity index (χ3n) is 2.66. The molecule has 1 atom stereocenters. The van der Waals surface area contributed by atoms with Crippen LogP contribution < -0.4 is 0 Å². The molecule has 0 aromatic carbocycles. The van der Waals surface area contributed by atoms with Gasteiger partial charge in [0.05, 0.1) is 12.7 Å². The lowest BCUT2D eigenvalue weighted by Gasteiger charge is -2.21. The quantitative estimate of drug-likeness (QED) is 0.271. The zero-order valence-corrected chi connectivity index (χ0v) is 13.0. The van der Waals surface area contributed by atoms with Crippen LogP contribution in [0.4, 0.5) is 0 Å². The van der Waals surface area contributed by atoms with Crippen molar-refractivity contribution in [1.82, 2.24) is 4.90 Å². The van der Waals surface area contributed by atoms with E-state index in [-0.39, 0.29) is 15.4 Å². The summed E-state index contributed by atoms with van der Waals surface area (Å²) >= 11 is 0. The second-order valence-electron chi connectivity index (χ2n) is 5.67. The summed E-state index contributed by atoms with van der Waals surface area (Å²) in [6.07, 6.45) is 3.70. The maximum absolute atomic E-state index is 5.84. The Morgan fingerprint density at radius 2 is 2.24 bits per heavy atom. The SMILES string of the molecule is C=CCN(CCC[SiH2]OC(C)(C)C)CC1CO1. The number of nitrogens with zero attached hydrogens (tertiary/aromatic N) is 1. The summed E-state index contributed by atoms with van der Waals surface area (Å²) in [5.41, 5.74) is 0.0505. The summed E-state index contributed by atoms with van der Waals surface area (Å²) in [6.45, 7) is 14.3. The van der Waals surface area contributed by atoms with E-state index in [1.165, 1.54) is 12.5 Å². The second kappa shape index (κ2) is 7.31. The summed E-state index contributed by atoms with van der Waals surface area (Å²) in [7, 11) is -0.345. The van der Waals surface area contributed by atoms with Crippen molar-refractivity contribution in [2.45, 2.75) is 44.9 Å². The summed E-state index contributed by atoms with van der Waals surface area (Å²) < 4.78 is 11.1. The molecule has 17 heavy (non-hydrogen) atoms. The van der Waals surface area contributed by atoms with Crippen molar-refractivity contribution in [3.63, 3.8) is 0 Å². The van der Waals surface area contributed by atoms with Crippen molar-refractivity contribution in [1.29, 1.82) is 0 Å². The summed E-state index contributed by atoms with van der Waals surface area (Å²) in [6, 6.07) is 1.26. The van der Waals surface area contributed by atoms with Crippen LogP contribution in [0.5, 0.6) is 0 Å². The van der Waals surface area contributed by atoms with Gasteiger partial charge in [-0.25, -0.2) is 0 Å². The lowest BCUT2D eigenvalue weighted by molar-refractivity contribution is 0.137. The maximum atomic E-state index is 5.84. The zero-order valence-electron chi connectivity index (χ0n) is 11.6. The van der Waals surface area contributed by atoms with Gasteiger partial charge in [-0.15, -0.1) is 6.58 Å². The Balaban J connectivity index is 2.03. The van der Waals surface area contributed by atoms with E-state index in [4.69, 9.17) is 9.16 Å². The smallest absolute Gasteiger partial charge is 0.162 e. The van der Waals surface area contributed by atoms with Crippen LogP contribution >= 0.6 is 0 Å². The molecular formula is C13H27NO2Si. The van der Waals surface area contributed by atoms with E-state index in [0.29, 0.717) is 6.10 Å². The Morgan fingerprint density at radius 1 is 1.53 bits per heavy atom. The van der Waals surface area contributed by atoms with E-state index >= 15 is 0 Å². The van der Waals surface area contributed by atoms with Crippen molar-refractivity contribution in [3.05, 3.63) is 12.7 Å². The topological polar surface area (TPSA) is 25.0 Å². The molecule has 1 heterocycles. The lowest BCUT2D eigenvalue weighted by atomic mass is 10.2. The van der Waals surface area contributed by atoms with Crippen LogP contribution in [0.3, 0.4) is 0 Å². The summed E-state index contributed by atoms with van der Waals surface area (Å²) in [5.74, 6) is 0. The predicted molar refractivity (Wildman–Crippen MR) is 75.2 cm³/mol. The molecule has 0 aliphatic carbocycles. The third-order valence-corrected chi connectivity index (χ3v) is 4.51. The van der Waals surface area contributed by atoms with Crippen LogP contribution in [-0.2, 0) is 9.16 Å². The van der Waals surface area contributed by atoms with Crippen LogP contribution in [0, 0.1) is 0 Å². The molecule has 100 valence electrons. The van der Waals surface area contributed by atoms with E-state index in [0.717, 1.165) is 26.2 Å². The Bertz CT molecular complexity index is 224. The number of epoxide rings is 1. The molecule has 0 aromatic rings. The molecule has 1 aliphatic rings. The molecule has 1 saturated heterocycles. The first-order chi connectivity index (χ1) is 8.01. The first-order valence-electron chi connectivity index (χ1n) is 6.60. The van der Waals surface area contributed by atoms with Crippen LogP contribution in [-0.4, -0.2) is 52.6 Å². The van der Waals surface area contributed by atoms with Gasteiger partial charge in [-0.1, -0.05) is 6.08 Å². The molecule has 0 radical (unpaired) electrons. The largest absolute Gasteiger partial charge is 0.419 e. The van der Waals surface area contributed by atoms with Crippen LogP contribution in [0.1, 0.15) is 27.2 Å².